The normalized spacial score (nSPS) is 11.9. The number of hydrogen-bond donors (Lipinski definition) is 0. The number of benzene rings is 7. The Labute approximate surface area is 268 Å². The lowest BCUT2D eigenvalue weighted by Crippen LogP contribution is -2.03. The zero-order chi connectivity index (χ0) is 30.2. The molecule has 10 rings (SSSR count). The second-order valence-electron chi connectivity index (χ2n) is 11.8. The van der Waals surface area contributed by atoms with Gasteiger partial charge in [-0.2, -0.15) is 0 Å². The van der Waals surface area contributed by atoms with E-state index in [-0.39, 0.29) is 0 Å². The number of hydrogen-bond acceptors (Lipinski definition) is 3. The zero-order valence-corrected chi connectivity index (χ0v) is 25.5. The predicted molar refractivity (Wildman–Crippen MR) is 195 cm³/mol. The quantitative estimate of drug-likeness (QED) is 0.201. The van der Waals surface area contributed by atoms with Crippen LogP contribution in [0.3, 0.4) is 0 Å². The zero-order valence-electron chi connectivity index (χ0n) is 24.7. The Morgan fingerprint density at radius 1 is 0.478 bits per heavy atom. The van der Waals surface area contributed by atoms with Crippen molar-refractivity contribution >= 4 is 75.0 Å². The Morgan fingerprint density at radius 3 is 1.98 bits per heavy atom. The molecule has 3 aromatic heterocycles. The standard InChI is InChI=1S/C42H25N3S/c1-2-12-26(13-3-1)29-16-8-9-19-32(29)38-41-39(33-20-10-11-21-36(33)46-41)44-42(43-38)45-35-25-23-27-14-4-6-17-30(27)37(35)34-24-22-28-15-5-7-18-31(28)40(34)45/h1-25H. The van der Waals surface area contributed by atoms with E-state index in [1.54, 1.807) is 11.3 Å². The van der Waals surface area contributed by atoms with Gasteiger partial charge in [0.05, 0.1) is 26.9 Å². The van der Waals surface area contributed by atoms with Crippen LogP contribution >= 0.6 is 11.3 Å². The molecule has 4 heteroatoms. The molecule has 0 saturated heterocycles. The van der Waals surface area contributed by atoms with Gasteiger partial charge in [-0.15, -0.1) is 11.3 Å². The summed E-state index contributed by atoms with van der Waals surface area (Å²) in [7, 11) is 0. The van der Waals surface area contributed by atoms with E-state index in [0.29, 0.717) is 5.95 Å². The van der Waals surface area contributed by atoms with Crippen molar-refractivity contribution in [2.45, 2.75) is 0 Å². The van der Waals surface area contributed by atoms with E-state index in [0.717, 1.165) is 43.5 Å². The molecule has 0 aliphatic heterocycles. The lowest BCUT2D eigenvalue weighted by Gasteiger charge is -2.14. The smallest absolute Gasteiger partial charge is 0.235 e. The topological polar surface area (TPSA) is 30.7 Å². The monoisotopic (exact) mass is 603 g/mol. The molecule has 7 aromatic carbocycles. The minimum absolute atomic E-state index is 0.681. The minimum atomic E-state index is 0.681. The van der Waals surface area contributed by atoms with E-state index in [4.69, 9.17) is 9.97 Å². The van der Waals surface area contributed by atoms with Crippen molar-refractivity contribution in [3.05, 3.63) is 152 Å². The van der Waals surface area contributed by atoms with Gasteiger partial charge in [-0.1, -0.05) is 140 Å². The Hall–Kier alpha value is -5.84. The second-order valence-corrected chi connectivity index (χ2v) is 12.8. The Morgan fingerprint density at radius 2 is 1.13 bits per heavy atom. The summed E-state index contributed by atoms with van der Waals surface area (Å²) in [6, 6.07) is 54.1. The highest BCUT2D eigenvalue weighted by Gasteiger charge is 2.23. The number of rotatable bonds is 3. The van der Waals surface area contributed by atoms with Crippen molar-refractivity contribution < 1.29 is 0 Å². The molecule has 10 aromatic rings. The Kier molecular flexibility index (Phi) is 5.45. The molecule has 0 aliphatic rings. The summed E-state index contributed by atoms with van der Waals surface area (Å²) in [4.78, 5) is 11.0. The molecule has 0 amide bonds. The first-order chi connectivity index (χ1) is 22.8. The van der Waals surface area contributed by atoms with Crippen LogP contribution in [0, 0.1) is 0 Å². The van der Waals surface area contributed by atoms with Crippen molar-refractivity contribution in [2.24, 2.45) is 0 Å². The largest absolute Gasteiger partial charge is 0.277 e. The first-order valence-corrected chi connectivity index (χ1v) is 16.3. The maximum absolute atomic E-state index is 5.54. The van der Waals surface area contributed by atoms with E-state index in [2.05, 4.69) is 156 Å². The first kappa shape index (κ1) is 25.5. The summed E-state index contributed by atoms with van der Waals surface area (Å²) in [5.74, 6) is 0.681. The van der Waals surface area contributed by atoms with Crippen LogP contribution in [0.5, 0.6) is 0 Å². The van der Waals surface area contributed by atoms with Crippen LogP contribution in [0.1, 0.15) is 0 Å². The van der Waals surface area contributed by atoms with Gasteiger partial charge in [0.15, 0.2) is 0 Å². The van der Waals surface area contributed by atoms with Crippen molar-refractivity contribution in [3.63, 3.8) is 0 Å². The molecular weight excluding hydrogens is 579 g/mol. The molecule has 3 heterocycles. The van der Waals surface area contributed by atoms with E-state index >= 15 is 0 Å². The third-order valence-electron chi connectivity index (χ3n) is 9.22. The van der Waals surface area contributed by atoms with E-state index in [9.17, 15) is 0 Å². The van der Waals surface area contributed by atoms with Gasteiger partial charge < -0.3 is 0 Å². The van der Waals surface area contributed by atoms with Gasteiger partial charge >= 0.3 is 0 Å². The summed E-state index contributed by atoms with van der Waals surface area (Å²) >= 11 is 1.77. The van der Waals surface area contributed by atoms with Gasteiger partial charge in [-0.25, -0.2) is 9.97 Å². The third kappa shape index (κ3) is 3.65. The highest BCUT2D eigenvalue weighted by molar-refractivity contribution is 7.26. The molecule has 0 fully saturated rings. The first-order valence-electron chi connectivity index (χ1n) is 15.5. The number of fused-ring (bicyclic) bond motifs is 10. The molecule has 0 saturated carbocycles. The van der Waals surface area contributed by atoms with Crippen LogP contribution in [0.15, 0.2) is 152 Å². The van der Waals surface area contributed by atoms with Gasteiger partial charge in [0.25, 0.3) is 0 Å². The average Bonchev–Trinajstić information content (AvgIpc) is 3.68. The molecule has 214 valence electrons. The summed E-state index contributed by atoms with van der Waals surface area (Å²) < 4.78 is 4.62. The molecule has 0 radical (unpaired) electrons. The fraction of sp³-hybridized carbons (Fsp3) is 0. The Balaban J connectivity index is 1.40. The summed E-state index contributed by atoms with van der Waals surface area (Å²) in [5, 5.41) is 8.42. The molecule has 0 bridgehead atoms. The molecule has 0 aliphatic carbocycles. The van der Waals surface area contributed by atoms with Crippen molar-refractivity contribution in [1.29, 1.82) is 0 Å². The minimum Gasteiger partial charge on any atom is -0.277 e. The SMILES string of the molecule is c1ccc(-c2ccccc2-c2nc(-n3c4ccc5ccccc5c4c4ccc5ccccc5c43)nc3c2sc2ccccc23)cc1. The molecule has 0 unspecified atom stereocenters. The van der Waals surface area contributed by atoms with E-state index < -0.39 is 0 Å². The summed E-state index contributed by atoms with van der Waals surface area (Å²) in [6.07, 6.45) is 0. The number of nitrogens with zero attached hydrogens (tertiary/aromatic N) is 3. The van der Waals surface area contributed by atoms with Crippen LogP contribution in [0.4, 0.5) is 0 Å². The molecule has 3 nitrogen and oxygen atoms in total. The number of thiophene rings is 1. The van der Waals surface area contributed by atoms with Crippen LogP contribution in [-0.4, -0.2) is 14.5 Å². The maximum atomic E-state index is 5.54. The molecular formula is C42H25N3S. The van der Waals surface area contributed by atoms with Gasteiger partial charge in [-0.05, 0) is 39.4 Å². The molecule has 0 N–H and O–H groups in total. The fourth-order valence-corrected chi connectivity index (χ4v) is 8.32. The van der Waals surface area contributed by atoms with Gasteiger partial charge in [0.1, 0.15) is 0 Å². The van der Waals surface area contributed by atoms with Crippen molar-refractivity contribution in [1.82, 2.24) is 14.5 Å². The van der Waals surface area contributed by atoms with Crippen LogP contribution < -0.4 is 0 Å². The third-order valence-corrected chi connectivity index (χ3v) is 10.4. The highest BCUT2D eigenvalue weighted by atomic mass is 32.1. The van der Waals surface area contributed by atoms with Crippen molar-refractivity contribution in [3.8, 4) is 28.3 Å². The lowest BCUT2D eigenvalue weighted by atomic mass is 9.97. The molecule has 0 atom stereocenters. The van der Waals surface area contributed by atoms with Crippen LogP contribution in [-0.2, 0) is 0 Å². The number of aromatic nitrogens is 3. The van der Waals surface area contributed by atoms with Crippen LogP contribution in [0.2, 0.25) is 0 Å². The Bertz CT molecular complexity index is 2810. The predicted octanol–water partition coefficient (Wildman–Crippen LogP) is 11.6. The second kappa shape index (κ2) is 9.83. The van der Waals surface area contributed by atoms with E-state index in [1.807, 2.05) is 0 Å². The maximum Gasteiger partial charge on any atom is 0.235 e. The summed E-state index contributed by atoms with van der Waals surface area (Å²) in [5.41, 5.74) is 7.60. The summed E-state index contributed by atoms with van der Waals surface area (Å²) in [6.45, 7) is 0. The van der Waals surface area contributed by atoms with Crippen LogP contribution in [0.25, 0.3) is 92.0 Å². The van der Waals surface area contributed by atoms with E-state index in [1.165, 1.54) is 42.6 Å². The molecule has 0 spiro atoms. The highest BCUT2D eigenvalue weighted by Crippen LogP contribution is 2.44. The van der Waals surface area contributed by atoms with Gasteiger partial charge in [0, 0.05) is 31.8 Å². The molecule has 46 heavy (non-hydrogen) atoms. The lowest BCUT2D eigenvalue weighted by molar-refractivity contribution is 1.02. The fourth-order valence-electron chi connectivity index (χ4n) is 7.18. The average molecular weight is 604 g/mol. The van der Waals surface area contributed by atoms with Gasteiger partial charge in [0.2, 0.25) is 5.95 Å². The van der Waals surface area contributed by atoms with Crippen molar-refractivity contribution in [2.75, 3.05) is 0 Å². The van der Waals surface area contributed by atoms with Gasteiger partial charge in [-0.3, -0.25) is 4.57 Å².